The number of carbonyl (C=O) groups is 2. The van der Waals surface area contributed by atoms with Gasteiger partial charge < -0.3 is 14.2 Å². The van der Waals surface area contributed by atoms with Gasteiger partial charge in [0.15, 0.2) is 17.2 Å². The fourth-order valence-corrected chi connectivity index (χ4v) is 5.34. The zero-order chi connectivity index (χ0) is 28.2. The van der Waals surface area contributed by atoms with Gasteiger partial charge in [-0.25, -0.2) is 0 Å². The largest absolute Gasteiger partial charge is 0.490 e. The SMILES string of the molecule is CCOc1cc([C@H]2Oc3nc(SCc4ccccc4Cl)nnc3-c3ccccc3N2C(C)=O)ccc1OC(C)=O. The van der Waals surface area contributed by atoms with E-state index in [2.05, 4.69) is 15.2 Å². The predicted molar refractivity (Wildman–Crippen MR) is 152 cm³/mol. The fraction of sp³-hybridized carbons (Fsp3) is 0.207. The van der Waals surface area contributed by atoms with Crippen molar-refractivity contribution in [1.29, 1.82) is 0 Å². The van der Waals surface area contributed by atoms with Crippen LogP contribution in [0.5, 0.6) is 17.4 Å². The number of halogens is 1. The predicted octanol–water partition coefficient (Wildman–Crippen LogP) is 6.25. The summed E-state index contributed by atoms with van der Waals surface area (Å²) in [7, 11) is 0. The third kappa shape index (κ3) is 5.73. The van der Waals surface area contributed by atoms with E-state index in [1.807, 2.05) is 55.5 Å². The Morgan fingerprint density at radius 2 is 1.80 bits per heavy atom. The van der Waals surface area contributed by atoms with Crippen molar-refractivity contribution in [2.75, 3.05) is 11.5 Å². The number of nitrogens with zero attached hydrogens (tertiary/aromatic N) is 4. The van der Waals surface area contributed by atoms with Crippen LogP contribution in [0.4, 0.5) is 5.69 Å². The van der Waals surface area contributed by atoms with Crippen molar-refractivity contribution >= 4 is 40.9 Å². The summed E-state index contributed by atoms with van der Waals surface area (Å²) in [6.45, 7) is 4.95. The van der Waals surface area contributed by atoms with Crippen molar-refractivity contribution in [3.8, 4) is 28.6 Å². The van der Waals surface area contributed by atoms with Crippen LogP contribution >= 0.6 is 23.4 Å². The molecule has 0 N–H and O–H groups in total. The van der Waals surface area contributed by atoms with Gasteiger partial charge in [-0.2, -0.15) is 4.98 Å². The molecule has 0 saturated carbocycles. The van der Waals surface area contributed by atoms with Gasteiger partial charge in [0, 0.05) is 35.7 Å². The maximum Gasteiger partial charge on any atom is 0.308 e. The molecule has 1 atom stereocenters. The van der Waals surface area contributed by atoms with Gasteiger partial charge in [0.2, 0.25) is 23.2 Å². The summed E-state index contributed by atoms with van der Waals surface area (Å²) in [6, 6.07) is 19.9. The standard InChI is InChI=1S/C29H25ClN4O5S/c1-4-37-25-15-19(13-14-24(25)38-18(3)36)28-34(17(2)35)23-12-8-6-10-21(23)26-27(39-28)31-29(33-32-26)40-16-20-9-5-7-11-22(20)30/h5-15,28H,4,16H2,1-3H3/t28-/m1/s1. The van der Waals surface area contributed by atoms with Crippen LogP contribution in [0.3, 0.4) is 0 Å². The molecule has 4 aromatic rings. The summed E-state index contributed by atoms with van der Waals surface area (Å²) in [6.07, 6.45) is -0.927. The van der Waals surface area contributed by atoms with Gasteiger partial charge >= 0.3 is 5.97 Å². The number of fused-ring (bicyclic) bond motifs is 3. The summed E-state index contributed by atoms with van der Waals surface area (Å²) in [4.78, 5) is 31.0. The lowest BCUT2D eigenvalue weighted by Gasteiger charge is -2.30. The van der Waals surface area contributed by atoms with E-state index in [1.165, 1.54) is 30.5 Å². The van der Waals surface area contributed by atoms with E-state index in [0.717, 1.165) is 5.56 Å². The maximum atomic E-state index is 13.1. The number of aromatic nitrogens is 3. The van der Waals surface area contributed by atoms with Gasteiger partial charge in [0.25, 0.3) is 0 Å². The number of para-hydroxylation sites is 1. The molecule has 0 radical (unpaired) electrons. The molecule has 11 heteroatoms. The second kappa shape index (κ2) is 11.9. The third-order valence-electron chi connectivity index (χ3n) is 5.97. The first-order chi connectivity index (χ1) is 19.4. The summed E-state index contributed by atoms with van der Waals surface area (Å²) >= 11 is 7.69. The minimum Gasteiger partial charge on any atom is -0.490 e. The summed E-state index contributed by atoms with van der Waals surface area (Å²) in [5.41, 5.74) is 3.18. The van der Waals surface area contributed by atoms with E-state index in [0.29, 0.717) is 50.8 Å². The Morgan fingerprint density at radius 3 is 2.55 bits per heavy atom. The third-order valence-corrected chi connectivity index (χ3v) is 7.23. The summed E-state index contributed by atoms with van der Waals surface area (Å²) in [5.74, 6) is 0.640. The Kier molecular flexibility index (Phi) is 8.18. The molecule has 9 nitrogen and oxygen atoms in total. The second-order valence-electron chi connectivity index (χ2n) is 8.74. The zero-order valence-electron chi connectivity index (χ0n) is 22.0. The fourth-order valence-electron chi connectivity index (χ4n) is 4.27. The van der Waals surface area contributed by atoms with Crippen LogP contribution in [-0.4, -0.2) is 33.7 Å². The molecule has 3 aromatic carbocycles. The molecule has 0 unspecified atom stereocenters. The maximum absolute atomic E-state index is 13.1. The molecular formula is C29H25ClN4O5S. The zero-order valence-corrected chi connectivity index (χ0v) is 23.5. The minimum atomic E-state index is -0.927. The molecule has 0 saturated heterocycles. The number of amides is 1. The number of anilines is 1. The molecular weight excluding hydrogens is 552 g/mol. The highest BCUT2D eigenvalue weighted by Gasteiger charge is 2.35. The van der Waals surface area contributed by atoms with Crippen LogP contribution in [-0.2, 0) is 15.3 Å². The molecule has 40 heavy (non-hydrogen) atoms. The molecule has 2 heterocycles. The molecule has 0 aliphatic carbocycles. The molecule has 1 aliphatic heterocycles. The number of ether oxygens (including phenoxy) is 3. The number of thioether (sulfide) groups is 1. The van der Waals surface area contributed by atoms with Crippen LogP contribution in [0, 0.1) is 0 Å². The van der Waals surface area contributed by atoms with Crippen molar-refractivity contribution in [3.63, 3.8) is 0 Å². The van der Waals surface area contributed by atoms with Gasteiger partial charge in [0.1, 0.15) is 0 Å². The van der Waals surface area contributed by atoms with Crippen molar-refractivity contribution in [1.82, 2.24) is 15.2 Å². The van der Waals surface area contributed by atoms with E-state index >= 15 is 0 Å². The quantitative estimate of drug-likeness (QED) is 0.143. The second-order valence-corrected chi connectivity index (χ2v) is 10.1. The van der Waals surface area contributed by atoms with Crippen molar-refractivity contribution in [2.45, 2.75) is 37.9 Å². The highest BCUT2D eigenvalue weighted by Crippen LogP contribution is 2.44. The molecule has 1 amide bonds. The van der Waals surface area contributed by atoms with E-state index in [4.69, 9.17) is 25.8 Å². The molecule has 5 rings (SSSR count). The highest BCUT2D eigenvalue weighted by molar-refractivity contribution is 7.98. The van der Waals surface area contributed by atoms with E-state index in [9.17, 15) is 9.59 Å². The molecule has 0 spiro atoms. The van der Waals surface area contributed by atoms with Gasteiger partial charge in [-0.1, -0.05) is 59.8 Å². The average molecular weight is 577 g/mol. The molecule has 204 valence electrons. The first kappa shape index (κ1) is 27.4. The Bertz CT molecular complexity index is 1580. The number of esters is 1. The van der Waals surface area contributed by atoms with Crippen molar-refractivity contribution in [2.24, 2.45) is 0 Å². The van der Waals surface area contributed by atoms with Crippen LogP contribution in [0.15, 0.2) is 71.9 Å². The topological polar surface area (TPSA) is 104 Å². The Balaban J connectivity index is 1.58. The molecule has 1 aliphatic rings. The van der Waals surface area contributed by atoms with Crippen LogP contribution in [0.1, 0.15) is 38.1 Å². The Labute approximate surface area is 240 Å². The highest BCUT2D eigenvalue weighted by atomic mass is 35.5. The van der Waals surface area contributed by atoms with Crippen LogP contribution in [0.25, 0.3) is 11.3 Å². The Morgan fingerprint density at radius 1 is 1.02 bits per heavy atom. The molecule has 0 bridgehead atoms. The number of benzene rings is 3. The van der Waals surface area contributed by atoms with Gasteiger partial charge in [0.05, 0.1) is 12.3 Å². The number of hydrogen-bond donors (Lipinski definition) is 0. The minimum absolute atomic E-state index is 0.222. The lowest BCUT2D eigenvalue weighted by molar-refractivity contribution is -0.132. The smallest absolute Gasteiger partial charge is 0.308 e. The van der Waals surface area contributed by atoms with Crippen LogP contribution in [0.2, 0.25) is 5.02 Å². The first-order valence-corrected chi connectivity index (χ1v) is 13.8. The van der Waals surface area contributed by atoms with Gasteiger partial charge in [-0.3, -0.25) is 14.5 Å². The monoisotopic (exact) mass is 576 g/mol. The van der Waals surface area contributed by atoms with E-state index in [1.54, 1.807) is 18.2 Å². The lowest BCUT2D eigenvalue weighted by Crippen LogP contribution is -2.36. The number of hydrogen-bond acceptors (Lipinski definition) is 9. The number of carbonyl (C=O) groups excluding carboxylic acids is 2. The van der Waals surface area contributed by atoms with E-state index < -0.39 is 12.2 Å². The lowest BCUT2D eigenvalue weighted by atomic mass is 10.1. The first-order valence-electron chi connectivity index (χ1n) is 12.5. The Hall–Kier alpha value is -4.15. The summed E-state index contributed by atoms with van der Waals surface area (Å²) < 4.78 is 17.5. The van der Waals surface area contributed by atoms with Crippen LogP contribution < -0.4 is 19.1 Å². The number of rotatable bonds is 7. The van der Waals surface area contributed by atoms with Gasteiger partial charge in [-0.15, -0.1) is 10.2 Å². The van der Waals surface area contributed by atoms with Crippen molar-refractivity contribution in [3.05, 3.63) is 82.9 Å². The van der Waals surface area contributed by atoms with Gasteiger partial charge in [-0.05, 0) is 42.8 Å². The van der Waals surface area contributed by atoms with E-state index in [-0.39, 0.29) is 17.5 Å². The average Bonchev–Trinajstić information content (AvgIpc) is 3.08. The molecule has 1 aromatic heterocycles. The normalized spacial score (nSPS) is 13.9. The van der Waals surface area contributed by atoms with Crippen molar-refractivity contribution < 1.29 is 23.8 Å². The summed E-state index contributed by atoms with van der Waals surface area (Å²) in [5, 5.41) is 9.84. The molecule has 0 fully saturated rings.